The lowest BCUT2D eigenvalue weighted by molar-refractivity contribution is 0.142. The van der Waals surface area contributed by atoms with Gasteiger partial charge in [0.15, 0.2) is 0 Å². The fraction of sp³-hybridized carbons (Fsp3) is 0.615. The van der Waals surface area contributed by atoms with Gasteiger partial charge in [-0.25, -0.2) is 14.8 Å². The van der Waals surface area contributed by atoms with Gasteiger partial charge in [-0.2, -0.15) is 0 Å². The monoisotopic (exact) mass is 296 g/mol. The van der Waals surface area contributed by atoms with Crippen molar-refractivity contribution in [3.8, 4) is 0 Å². The standard InChI is InChI=1S/C13H17ClN4O2/c1-17(13(19)20)8-5-6-18(7-8)11-9-3-2-4-10(9)15-12(14)16-11/h8H,2-7H2,1H3,(H,19,20). The number of hydrogen-bond acceptors (Lipinski definition) is 4. The average molecular weight is 297 g/mol. The summed E-state index contributed by atoms with van der Waals surface area (Å²) in [4.78, 5) is 23.2. The second kappa shape index (κ2) is 5.09. The van der Waals surface area contributed by atoms with Crippen LogP contribution in [-0.2, 0) is 12.8 Å². The summed E-state index contributed by atoms with van der Waals surface area (Å²) in [6, 6.07) is 0.0123. The lowest BCUT2D eigenvalue weighted by Crippen LogP contribution is -2.38. The average Bonchev–Trinajstić information content (AvgIpc) is 3.05. The van der Waals surface area contributed by atoms with Crippen LogP contribution in [0.25, 0.3) is 0 Å². The Hall–Kier alpha value is -1.56. The van der Waals surface area contributed by atoms with Gasteiger partial charge in [-0.05, 0) is 37.3 Å². The van der Waals surface area contributed by atoms with Gasteiger partial charge in [0, 0.05) is 25.7 Å². The molecule has 1 aromatic heterocycles. The highest BCUT2D eigenvalue weighted by Crippen LogP contribution is 2.32. The second-order valence-corrected chi connectivity index (χ2v) is 5.72. The van der Waals surface area contributed by atoms with Crippen LogP contribution in [0.3, 0.4) is 0 Å². The third-order valence-corrected chi connectivity index (χ3v) is 4.37. The van der Waals surface area contributed by atoms with Crippen molar-refractivity contribution in [2.75, 3.05) is 25.0 Å². The first-order valence-corrected chi connectivity index (χ1v) is 7.20. The molecule has 1 fully saturated rings. The van der Waals surface area contributed by atoms with E-state index in [1.165, 1.54) is 10.5 Å². The van der Waals surface area contributed by atoms with Crippen LogP contribution in [0.2, 0.25) is 5.28 Å². The van der Waals surface area contributed by atoms with Gasteiger partial charge >= 0.3 is 6.09 Å². The summed E-state index contributed by atoms with van der Waals surface area (Å²) in [5, 5.41) is 9.35. The number of fused-ring (bicyclic) bond motifs is 1. The number of aryl methyl sites for hydroxylation is 1. The Labute approximate surface area is 122 Å². The minimum absolute atomic E-state index is 0.0123. The predicted octanol–water partition coefficient (Wildman–Crippen LogP) is 1.81. The zero-order chi connectivity index (χ0) is 14.3. The molecule has 1 N–H and O–H groups in total. The topological polar surface area (TPSA) is 69.6 Å². The fourth-order valence-corrected chi connectivity index (χ4v) is 3.23. The Morgan fingerprint density at radius 2 is 2.25 bits per heavy atom. The number of hydrogen-bond donors (Lipinski definition) is 1. The van der Waals surface area contributed by atoms with E-state index >= 15 is 0 Å². The van der Waals surface area contributed by atoms with Gasteiger partial charge in [0.05, 0.1) is 11.7 Å². The minimum atomic E-state index is -0.886. The Bertz CT molecular complexity index is 551. The van der Waals surface area contributed by atoms with Crippen LogP contribution in [-0.4, -0.2) is 52.2 Å². The summed E-state index contributed by atoms with van der Waals surface area (Å²) >= 11 is 6.00. The van der Waals surface area contributed by atoms with Crippen LogP contribution in [0.1, 0.15) is 24.1 Å². The van der Waals surface area contributed by atoms with Crippen molar-refractivity contribution in [3.63, 3.8) is 0 Å². The van der Waals surface area contributed by atoms with E-state index in [4.69, 9.17) is 16.7 Å². The number of aromatic nitrogens is 2. The van der Waals surface area contributed by atoms with E-state index in [0.717, 1.165) is 43.7 Å². The van der Waals surface area contributed by atoms with Gasteiger partial charge in [-0.1, -0.05) is 0 Å². The molecule has 1 aliphatic heterocycles. The zero-order valence-electron chi connectivity index (χ0n) is 11.3. The molecule has 0 radical (unpaired) electrons. The predicted molar refractivity (Wildman–Crippen MR) is 75.5 cm³/mol. The van der Waals surface area contributed by atoms with Crippen LogP contribution in [0.15, 0.2) is 0 Å². The molecule has 1 amide bonds. The van der Waals surface area contributed by atoms with Gasteiger partial charge in [-0.3, -0.25) is 0 Å². The van der Waals surface area contributed by atoms with E-state index in [1.54, 1.807) is 7.05 Å². The highest BCUT2D eigenvalue weighted by Gasteiger charge is 2.31. The maximum absolute atomic E-state index is 11.0. The molecular formula is C13H17ClN4O2. The lowest BCUT2D eigenvalue weighted by atomic mass is 10.2. The summed E-state index contributed by atoms with van der Waals surface area (Å²) in [6.07, 6.45) is 2.96. The molecule has 1 aliphatic carbocycles. The van der Waals surface area contributed by atoms with Crippen molar-refractivity contribution in [1.82, 2.24) is 14.9 Å². The molecule has 0 saturated carbocycles. The number of rotatable bonds is 2. The molecule has 108 valence electrons. The Morgan fingerprint density at radius 3 is 3.00 bits per heavy atom. The number of nitrogens with zero attached hydrogens (tertiary/aromatic N) is 4. The smallest absolute Gasteiger partial charge is 0.407 e. The molecular weight excluding hydrogens is 280 g/mol. The van der Waals surface area contributed by atoms with Crippen LogP contribution >= 0.6 is 11.6 Å². The summed E-state index contributed by atoms with van der Waals surface area (Å²) in [5.41, 5.74) is 2.24. The van der Waals surface area contributed by atoms with Crippen LogP contribution in [0.4, 0.5) is 10.6 Å². The Kier molecular flexibility index (Phi) is 3.41. The molecule has 6 nitrogen and oxygen atoms in total. The normalized spacial score (nSPS) is 21.1. The molecule has 2 aliphatic rings. The zero-order valence-corrected chi connectivity index (χ0v) is 12.1. The first-order valence-electron chi connectivity index (χ1n) is 6.82. The quantitative estimate of drug-likeness (QED) is 0.843. The fourth-order valence-electron chi connectivity index (χ4n) is 3.05. The van der Waals surface area contributed by atoms with E-state index in [9.17, 15) is 4.79 Å². The van der Waals surface area contributed by atoms with E-state index in [1.807, 2.05) is 0 Å². The number of carbonyl (C=O) groups is 1. The molecule has 0 bridgehead atoms. The van der Waals surface area contributed by atoms with Crippen LogP contribution < -0.4 is 4.90 Å². The molecule has 1 atom stereocenters. The first-order chi connectivity index (χ1) is 9.56. The highest BCUT2D eigenvalue weighted by atomic mass is 35.5. The molecule has 1 saturated heterocycles. The van der Waals surface area contributed by atoms with Gasteiger partial charge in [-0.15, -0.1) is 0 Å². The summed E-state index contributed by atoms with van der Waals surface area (Å²) in [7, 11) is 1.62. The molecule has 3 rings (SSSR count). The molecule has 7 heteroatoms. The van der Waals surface area contributed by atoms with Crippen molar-refractivity contribution in [2.45, 2.75) is 31.7 Å². The van der Waals surface area contributed by atoms with Crippen molar-refractivity contribution in [2.24, 2.45) is 0 Å². The van der Waals surface area contributed by atoms with E-state index < -0.39 is 6.09 Å². The maximum Gasteiger partial charge on any atom is 0.407 e. The van der Waals surface area contributed by atoms with E-state index in [2.05, 4.69) is 14.9 Å². The third kappa shape index (κ3) is 2.28. The maximum atomic E-state index is 11.0. The van der Waals surface area contributed by atoms with Gasteiger partial charge in [0.25, 0.3) is 0 Å². The first kappa shape index (κ1) is 13.4. The molecule has 1 unspecified atom stereocenters. The van der Waals surface area contributed by atoms with Gasteiger partial charge in [0.1, 0.15) is 5.82 Å². The van der Waals surface area contributed by atoms with Crippen molar-refractivity contribution in [3.05, 3.63) is 16.5 Å². The molecule has 1 aromatic rings. The summed E-state index contributed by atoms with van der Waals surface area (Å²) in [5.74, 6) is 0.902. The number of amides is 1. The number of halogens is 1. The van der Waals surface area contributed by atoms with Gasteiger partial charge in [0.2, 0.25) is 5.28 Å². The van der Waals surface area contributed by atoms with Crippen molar-refractivity contribution in [1.29, 1.82) is 0 Å². The summed E-state index contributed by atoms with van der Waals surface area (Å²) < 4.78 is 0. The van der Waals surface area contributed by atoms with Crippen molar-refractivity contribution < 1.29 is 9.90 Å². The van der Waals surface area contributed by atoms with E-state index in [0.29, 0.717) is 6.54 Å². The third-order valence-electron chi connectivity index (χ3n) is 4.20. The summed E-state index contributed by atoms with van der Waals surface area (Å²) in [6.45, 7) is 1.48. The SMILES string of the molecule is CN(C(=O)O)C1CCN(c2nc(Cl)nc3c2CCC3)C1. The second-order valence-electron chi connectivity index (χ2n) is 5.38. The number of anilines is 1. The molecule has 2 heterocycles. The van der Waals surface area contributed by atoms with Crippen LogP contribution in [0, 0.1) is 0 Å². The van der Waals surface area contributed by atoms with Gasteiger partial charge < -0.3 is 14.9 Å². The minimum Gasteiger partial charge on any atom is -0.465 e. The largest absolute Gasteiger partial charge is 0.465 e. The van der Waals surface area contributed by atoms with Crippen LogP contribution in [0.5, 0.6) is 0 Å². The number of likely N-dealkylation sites (N-methyl/N-ethyl adjacent to an activating group) is 1. The molecule has 0 aromatic carbocycles. The number of carboxylic acid groups (broad SMARTS) is 1. The Balaban J connectivity index is 1.83. The molecule has 20 heavy (non-hydrogen) atoms. The lowest BCUT2D eigenvalue weighted by Gasteiger charge is -2.23. The highest BCUT2D eigenvalue weighted by molar-refractivity contribution is 6.28. The van der Waals surface area contributed by atoms with Crippen molar-refractivity contribution >= 4 is 23.5 Å². The molecule has 0 spiro atoms. The van der Waals surface area contributed by atoms with E-state index in [-0.39, 0.29) is 11.3 Å². The Morgan fingerprint density at radius 1 is 1.45 bits per heavy atom.